The lowest BCUT2D eigenvalue weighted by Crippen LogP contribution is -2.36. The average Bonchev–Trinajstić information content (AvgIpc) is 2.87. The molecule has 1 aliphatic heterocycles. The summed E-state index contributed by atoms with van der Waals surface area (Å²) in [5.74, 6) is -0.978. The number of allylic oxidation sites excluding steroid dienone is 3. The van der Waals surface area contributed by atoms with Gasteiger partial charge in [-0.05, 0) is 50.1 Å². The molecule has 1 N–H and O–H groups in total. The predicted octanol–water partition coefficient (Wildman–Crippen LogP) is 5.04. The van der Waals surface area contributed by atoms with E-state index in [1.54, 1.807) is 19.1 Å². The molecule has 5 rings (SSSR count). The molecule has 36 heavy (non-hydrogen) atoms. The lowest BCUT2D eigenvalue weighted by molar-refractivity contribution is -0.140. The molecule has 2 aliphatic rings. The summed E-state index contributed by atoms with van der Waals surface area (Å²) >= 11 is 6.13. The second kappa shape index (κ2) is 10.0. The first-order valence-corrected chi connectivity index (χ1v) is 12.1. The fourth-order valence-corrected chi connectivity index (χ4v) is 4.94. The van der Waals surface area contributed by atoms with Crippen LogP contribution in [0.1, 0.15) is 37.7 Å². The summed E-state index contributed by atoms with van der Waals surface area (Å²) in [6.45, 7) is 1.90. The largest absolute Gasteiger partial charge is 0.490 e. The fraction of sp³-hybridized carbons (Fsp3) is 0.250. The first-order valence-electron chi connectivity index (χ1n) is 11.7. The van der Waals surface area contributed by atoms with Gasteiger partial charge in [-0.25, -0.2) is 4.79 Å². The zero-order valence-corrected chi connectivity index (χ0v) is 20.4. The van der Waals surface area contributed by atoms with Gasteiger partial charge < -0.3 is 19.2 Å². The van der Waals surface area contributed by atoms with Crippen LogP contribution in [0.5, 0.6) is 5.75 Å². The second-order valence-corrected chi connectivity index (χ2v) is 9.16. The van der Waals surface area contributed by atoms with E-state index < -0.39 is 11.9 Å². The molecule has 2 heterocycles. The maximum absolute atomic E-state index is 13.6. The van der Waals surface area contributed by atoms with E-state index in [1.807, 2.05) is 30.3 Å². The van der Waals surface area contributed by atoms with E-state index in [4.69, 9.17) is 25.5 Å². The minimum Gasteiger partial charge on any atom is -0.490 e. The van der Waals surface area contributed by atoms with Crippen molar-refractivity contribution in [2.45, 2.75) is 32.1 Å². The first kappa shape index (κ1) is 23.9. The topological polar surface area (TPSA) is 94.8 Å². The van der Waals surface area contributed by atoms with Crippen LogP contribution < -0.4 is 15.5 Å². The smallest absolute Gasteiger partial charge is 0.336 e. The van der Waals surface area contributed by atoms with Crippen LogP contribution in [-0.4, -0.2) is 25.0 Å². The van der Waals surface area contributed by atoms with Crippen molar-refractivity contribution in [1.29, 1.82) is 0 Å². The Bertz CT molecular complexity index is 1470. The van der Waals surface area contributed by atoms with Crippen molar-refractivity contribution in [2.24, 2.45) is 0 Å². The molecule has 0 spiro atoms. The quantitative estimate of drug-likeness (QED) is 0.370. The van der Waals surface area contributed by atoms with Gasteiger partial charge in [0.15, 0.2) is 11.2 Å². The number of halogens is 1. The summed E-state index contributed by atoms with van der Waals surface area (Å²) in [7, 11) is 0. The van der Waals surface area contributed by atoms with E-state index in [1.165, 1.54) is 12.3 Å². The molecular formula is C28H24ClNO6. The summed E-state index contributed by atoms with van der Waals surface area (Å²) < 4.78 is 16.9. The highest BCUT2D eigenvalue weighted by atomic mass is 35.5. The summed E-state index contributed by atoms with van der Waals surface area (Å²) in [4.78, 5) is 40.0. The number of ketones is 1. The molecular weight excluding hydrogens is 482 g/mol. The molecule has 1 atom stereocenters. The van der Waals surface area contributed by atoms with Gasteiger partial charge in [0.25, 0.3) is 0 Å². The van der Waals surface area contributed by atoms with E-state index in [9.17, 15) is 14.4 Å². The van der Waals surface area contributed by atoms with E-state index in [2.05, 4.69) is 5.32 Å². The van der Waals surface area contributed by atoms with Crippen LogP contribution in [-0.2, 0) is 14.3 Å². The maximum Gasteiger partial charge on any atom is 0.336 e. The van der Waals surface area contributed by atoms with Crippen LogP contribution in [0, 0.1) is 0 Å². The Kier molecular flexibility index (Phi) is 6.65. The van der Waals surface area contributed by atoms with Gasteiger partial charge in [-0.2, -0.15) is 0 Å². The maximum atomic E-state index is 13.6. The van der Waals surface area contributed by atoms with Crippen molar-refractivity contribution in [3.63, 3.8) is 0 Å². The highest BCUT2D eigenvalue weighted by molar-refractivity contribution is 6.31. The van der Waals surface area contributed by atoms with Crippen molar-refractivity contribution in [3.05, 3.63) is 98.1 Å². The Balaban J connectivity index is 1.50. The number of carbonyl (C=O) groups excluding carboxylic acids is 2. The molecule has 1 aromatic heterocycles. The third-order valence-electron chi connectivity index (χ3n) is 6.40. The highest BCUT2D eigenvalue weighted by Gasteiger charge is 2.40. The number of benzene rings is 2. The highest BCUT2D eigenvalue weighted by Crippen LogP contribution is 2.42. The van der Waals surface area contributed by atoms with Gasteiger partial charge >= 0.3 is 5.97 Å². The number of nitrogens with one attached hydrogen (secondary N) is 1. The first-order chi connectivity index (χ1) is 17.4. The van der Waals surface area contributed by atoms with Crippen LogP contribution in [0.4, 0.5) is 0 Å². The summed E-state index contributed by atoms with van der Waals surface area (Å²) in [6, 6.07) is 14.0. The zero-order valence-electron chi connectivity index (χ0n) is 19.6. The van der Waals surface area contributed by atoms with Crippen LogP contribution in [0.15, 0.2) is 86.5 Å². The molecule has 0 amide bonds. The molecule has 0 fully saturated rings. The standard InChI is InChI=1S/C28H24ClNO6/c1-16-24(28(33)35-13-12-34-18-6-3-2-4-7-18)25(26-21(30-16)8-5-9-22(26)31)20-15-36-23-11-10-17(29)14-19(23)27(20)32/h2-4,6-7,10-11,14-15,25,30H,5,8-9,12-13H2,1H3. The number of rotatable bonds is 6. The molecule has 7 nitrogen and oxygen atoms in total. The predicted molar refractivity (Wildman–Crippen MR) is 135 cm³/mol. The molecule has 3 aromatic rings. The Labute approximate surface area is 212 Å². The number of para-hydroxylation sites is 1. The van der Waals surface area contributed by atoms with Crippen molar-refractivity contribution in [1.82, 2.24) is 5.32 Å². The molecule has 1 aliphatic carbocycles. The van der Waals surface area contributed by atoms with E-state index in [0.29, 0.717) is 46.9 Å². The van der Waals surface area contributed by atoms with E-state index in [0.717, 1.165) is 5.70 Å². The van der Waals surface area contributed by atoms with E-state index >= 15 is 0 Å². The van der Waals surface area contributed by atoms with Gasteiger partial charge in [-0.3, -0.25) is 9.59 Å². The Morgan fingerprint density at radius 3 is 2.72 bits per heavy atom. The second-order valence-electron chi connectivity index (χ2n) is 8.72. The zero-order chi connectivity index (χ0) is 25.2. The van der Waals surface area contributed by atoms with Gasteiger partial charge in [0.1, 0.15) is 24.5 Å². The van der Waals surface area contributed by atoms with Gasteiger partial charge in [0.2, 0.25) is 0 Å². The van der Waals surface area contributed by atoms with Crippen LogP contribution in [0.2, 0.25) is 5.02 Å². The molecule has 0 radical (unpaired) electrons. The Morgan fingerprint density at radius 2 is 1.92 bits per heavy atom. The minimum absolute atomic E-state index is 0.000978. The monoisotopic (exact) mass is 505 g/mol. The molecule has 0 saturated heterocycles. The molecule has 1 unspecified atom stereocenters. The van der Waals surface area contributed by atoms with Crippen molar-refractivity contribution >= 4 is 34.3 Å². The number of fused-ring (bicyclic) bond motifs is 1. The van der Waals surface area contributed by atoms with Crippen LogP contribution >= 0.6 is 11.6 Å². The van der Waals surface area contributed by atoms with Gasteiger partial charge in [-0.15, -0.1) is 0 Å². The third-order valence-corrected chi connectivity index (χ3v) is 6.63. The van der Waals surface area contributed by atoms with Gasteiger partial charge in [0.05, 0.1) is 23.1 Å². The number of ether oxygens (including phenoxy) is 2. The van der Waals surface area contributed by atoms with Crippen molar-refractivity contribution in [3.8, 4) is 5.75 Å². The van der Waals surface area contributed by atoms with Crippen molar-refractivity contribution in [2.75, 3.05) is 13.2 Å². The lowest BCUT2D eigenvalue weighted by atomic mass is 9.75. The summed E-state index contributed by atoms with van der Waals surface area (Å²) in [6.07, 6.45) is 3.02. The van der Waals surface area contributed by atoms with E-state index in [-0.39, 0.29) is 40.9 Å². The summed E-state index contributed by atoms with van der Waals surface area (Å²) in [5, 5.41) is 3.88. The summed E-state index contributed by atoms with van der Waals surface area (Å²) in [5.41, 5.74) is 2.10. The Hall–Kier alpha value is -3.84. The minimum atomic E-state index is -0.906. The number of hydrogen-bond acceptors (Lipinski definition) is 7. The number of Topliss-reactive ketones (excluding diaryl/α,β-unsaturated/α-hetero) is 1. The third kappa shape index (κ3) is 4.54. The van der Waals surface area contributed by atoms with Gasteiger partial charge in [0, 0.05) is 34.0 Å². The molecule has 2 aromatic carbocycles. The number of carbonyl (C=O) groups is 2. The normalized spacial score (nSPS) is 17.6. The SMILES string of the molecule is CC1=C(C(=O)OCCOc2ccccc2)C(c2coc3ccc(Cl)cc3c2=O)C2=C(CCCC2=O)N1. The number of esters is 1. The van der Waals surface area contributed by atoms with Crippen LogP contribution in [0.25, 0.3) is 11.0 Å². The lowest BCUT2D eigenvalue weighted by Gasteiger charge is -2.33. The molecule has 8 heteroatoms. The fourth-order valence-electron chi connectivity index (χ4n) is 4.77. The van der Waals surface area contributed by atoms with Gasteiger partial charge in [-0.1, -0.05) is 29.8 Å². The molecule has 0 bridgehead atoms. The Morgan fingerprint density at radius 1 is 1.11 bits per heavy atom. The number of dihydropyridines is 1. The van der Waals surface area contributed by atoms with Crippen molar-refractivity contribution < 1.29 is 23.5 Å². The average molecular weight is 506 g/mol. The molecule has 0 saturated carbocycles. The molecule has 184 valence electrons. The number of hydrogen-bond donors (Lipinski definition) is 1. The van der Waals surface area contributed by atoms with Crippen LogP contribution in [0.3, 0.4) is 0 Å².